The average molecular weight is 200 g/mol. The molecule has 1 aromatic rings. The summed E-state index contributed by atoms with van der Waals surface area (Å²) in [6, 6.07) is 5.99. The molecule has 64 valence electrons. The van der Waals surface area contributed by atoms with Crippen molar-refractivity contribution in [2.75, 3.05) is 0 Å². The SMILES string of the molecule is Cc1ccc(S(=O)(=O)O)cc1.[Si]. The van der Waals surface area contributed by atoms with Gasteiger partial charge in [-0.2, -0.15) is 8.42 Å². The van der Waals surface area contributed by atoms with Gasteiger partial charge in [0, 0.05) is 11.0 Å². The zero-order valence-electron chi connectivity index (χ0n) is 6.48. The van der Waals surface area contributed by atoms with Gasteiger partial charge in [0.1, 0.15) is 0 Å². The van der Waals surface area contributed by atoms with Crippen LogP contribution < -0.4 is 0 Å². The van der Waals surface area contributed by atoms with Gasteiger partial charge < -0.3 is 0 Å². The van der Waals surface area contributed by atoms with Crippen molar-refractivity contribution in [2.45, 2.75) is 11.8 Å². The van der Waals surface area contributed by atoms with Crippen LogP contribution in [0.2, 0.25) is 0 Å². The molecular weight excluding hydrogens is 192 g/mol. The second-order valence-electron chi connectivity index (χ2n) is 2.29. The molecule has 5 heteroatoms. The Kier molecular flexibility index (Phi) is 3.63. The van der Waals surface area contributed by atoms with Gasteiger partial charge in [-0.05, 0) is 19.1 Å². The maximum absolute atomic E-state index is 10.5. The predicted molar refractivity (Wildman–Crippen MR) is 46.7 cm³/mol. The number of hydrogen-bond donors (Lipinski definition) is 1. The molecule has 0 saturated carbocycles. The molecule has 0 atom stereocenters. The molecule has 4 radical (unpaired) electrons. The van der Waals surface area contributed by atoms with Gasteiger partial charge in [-0.15, -0.1) is 0 Å². The van der Waals surface area contributed by atoms with Gasteiger partial charge in [-0.1, -0.05) is 17.7 Å². The molecule has 1 aromatic carbocycles. The molecule has 0 bridgehead atoms. The molecule has 0 aliphatic heterocycles. The molecule has 0 spiro atoms. The lowest BCUT2D eigenvalue weighted by Gasteiger charge is -1.95. The lowest BCUT2D eigenvalue weighted by Crippen LogP contribution is -1.96. The van der Waals surface area contributed by atoms with Crippen molar-refractivity contribution in [3.8, 4) is 0 Å². The highest BCUT2D eigenvalue weighted by Gasteiger charge is 2.06. The highest BCUT2D eigenvalue weighted by atomic mass is 32.2. The summed E-state index contributed by atoms with van der Waals surface area (Å²) in [7, 11) is -4.02. The first-order valence-corrected chi connectivity index (χ1v) is 4.48. The fourth-order valence-corrected chi connectivity index (χ4v) is 1.19. The summed E-state index contributed by atoms with van der Waals surface area (Å²) in [5.74, 6) is 0. The average Bonchev–Trinajstić information content (AvgIpc) is 1.86. The zero-order chi connectivity index (χ0) is 8.48. The number of aryl methyl sites for hydroxylation is 1. The van der Waals surface area contributed by atoms with Crippen LogP contribution in [0.1, 0.15) is 5.56 Å². The summed E-state index contributed by atoms with van der Waals surface area (Å²) < 4.78 is 29.6. The van der Waals surface area contributed by atoms with Crippen LogP contribution >= 0.6 is 0 Å². The van der Waals surface area contributed by atoms with E-state index in [-0.39, 0.29) is 15.9 Å². The minimum absolute atomic E-state index is 0. The Labute approximate surface area is 76.2 Å². The van der Waals surface area contributed by atoms with Crippen molar-refractivity contribution >= 4 is 21.1 Å². The largest absolute Gasteiger partial charge is 0.294 e. The van der Waals surface area contributed by atoms with E-state index in [9.17, 15) is 8.42 Å². The van der Waals surface area contributed by atoms with Gasteiger partial charge in [0.15, 0.2) is 0 Å². The van der Waals surface area contributed by atoms with E-state index in [4.69, 9.17) is 4.55 Å². The van der Waals surface area contributed by atoms with Crippen LogP contribution in [0.25, 0.3) is 0 Å². The molecule has 0 heterocycles. The van der Waals surface area contributed by atoms with Crippen molar-refractivity contribution in [1.82, 2.24) is 0 Å². The van der Waals surface area contributed by atoms with Crippen molar-refractivity contribution in [2.24, 2.45) is 0 Å². The molecular formula is C7H8O3SSi. The van der Waals surface area contributed by atoms with Gasteiger partial charge in [0.05, 0.1) is 4.90 Å². The van der Waals surface area contributed by atoms with Crippen LogP contribution in [0, 0.1) is 6.92 Å². The Bertz CT molecular complexity index is 341. The van der Waals surface area contributed by atoms with Crippen LogP contribution in [0.4, 0.5) is 0 Å². The monoisotopic (exact) mass is 200 g/mol. The van der Waals surface area contributed by atoms with E-state index < -0.39 is 10.1 Å². The number of hydrogen-bond acceptors (Lipinski definition) is 2. The van der Waals surface area contributed by atoms with Crippen LogP contribution in [0.15, 0.2) is 29.2 Å². The van der Waals surface area contributed by atoms with Gasteiger partial charge >= 0.3 is 0 Å². The van der Waals surface area contributed by atoms with E-state index in [0.717, 1.165) is 5.56 Å². The minimum Gasteiger partial charge on any atom is -0.282 e. The maximum Gasteiger partial charge on any atom is 0.294 e. The topological polar surface area (TPSA) is 54.4 Å². The Morgan fingerprint density at radius 1 is 1.17 bits per heavy atom. The standard InChI is InChI=1S/C7H8O3S.Si/c1-6-2-4-7(5-3-6)11(8,9)10;/h2-5H,1H3,(H,8,9,10);. The summed E-state index contributed by atoms with van der Waals surface area (Å²) in [5, 5.41) is 0. The van der Waals surface area contributed by atoms with Crippen molar-refractivity contribution in [3.63, 3.8) is 0 Å². The Morgan fingerprint density at radius 2 is 1.58 bits per heavy atom. The molecule has 0 saturated heterocycles. The smallest absolute Gasteiger partial charge is 0.282 e. The number of rotatable bonds is 1. The molecule has 0 amide bonds. The van der Waals surface area contributed by atoms with E-state index >= 15 is 0 Å². The molecule has 0 unspecified atom stereocenters. The normalized spacial score (nSPS) is 10.5. The Balaban J connectivity index is 0.00000121. The lowest BCUT2D eigenvalue weighted by molar-refractivity contribution is 0.483. The van der Waals surface area contributed by atoms with Gasteiger partial charge in [0.25, 0.3) is 10.1 Å². The van der Waals surface area contributed by atoms with E-state index in [0.29, 0.717) is 0 Å². The fourth-order valence-electron chi connectivity index (χ4n) is 0.710. The molecule has 1 N–H and O–H groups in total. The van der Waals surface area contributed by atoms with Crippen molar-refractivity contribution in [1.29, 1.82) is 0 Å². The van der Waals surface area contributed by atoms with Crippen molar-refractivity contribution in [3.05, 3.63) is 29.8 Å². The predicted octanol–water partition coefficient (Wildman–Crippen LogP) is 0.861. The summed E-state index contributed by atoms with van der Waals surface area (Å²) >= 11 is 0. The summed E-state index contributed by atoms with van der Waals surface area (Å²) in [6.07, 6.45) is 0. The first-order chi connectivity index (χ1) is 5.00. The maximum atomic E-state index is 10.5. The third-order valence-electron chi connectivity index (χ3n) is 1.32. The number of benzene rings is 1. The van der Waals surface area contributed by atoms with Crippen LogP contribution in [-0.4, -0.2) is 23.9 Å². The molecule has 0 aromatic heterocycles. The zero-order valence-corrected chi connectivity index (χ0v) is 8.30. The second-order valence-corrected chi connectivity index (χ2v) is 3.71. The van der Waals surface area contributed by atoms with Crippen LogP contribution in [-0.2, 0) is 10.1 Å². The first kappa shape index (κ1) is 11.3. The van der Waals surface area contributed by atoms with E-state index in [1.807, 2.05) is 6.92 Å². The van der Waals surface area contributed by atoms with E-state index in [1.54, 1.807) is 12.1 Å². The quantitative estimate of drug-likeness (QED) is 0.540. The van der Waals surface area contributed by atoms with Gasteiger partial charge in [0.2, 0.25) is 0 Å². The van der Waals surface area contributed by atoms with E-state index in [1.165, 1.54) is 12.1 Å². The molecule has 3 nitrogen and oxygen atoms in total. The minimum atomic E-state index is -4.02. The summed E-state index contributed by atoms with van der Waals surface area (Å²) in [4.78, 5) is -0.0666. The fraction of sp³-hybridized carbons (Fsp3) is 0.143. The molecule has 0 fully saturated rings. The van der Waals surface area contributed by atoms with E-state index in [2.05, 4.69) is 0 Å². The summed E-state index contributed by atoms with van der Waals surface area (Å²) in [6.45, 7) is 1.84. The Hall–Kier alpha value is -0.653. The third-order valence-corrected chi connectivity index (χ3v) is 2.19. The lowest BCUT2D eigenvalue weighted by atomic mass is 10.2. The van der Waals surface area contributed by atoms with Crippen LogP contribution in [0.5, 0.6) is 0 Å². The molecule has 12 heavy (non-hydrogen) atoms. The third kappa shape index (κ3) is 2.76. The van der Waals surface area contributed by atoms with Gasteiger partial charge in [-0.3, -0.25) is 4.55 Å². The van der Waals surface area contributed by atoms with Crippen LogP contribution in [0.3, 0.4) is 0 Å². The highest BCUT2D eigenvalue weighted by molar-refractivity contribution is 7.85. The van der Waals surface area contributed by atoms with Crippen molar-refractivity contribution < 1.29 is 13.0 Å². The molecule has 0 aliphatic rings. The second kappa shape index (κ2) is 3.84. The highest BCUT2D eigenvalue weighted by Crippen LogP contribution is 2.08. The first-order valence-electron chi connectivity index (χ1n) is 3.04. The summed E-state index contributed by atoms with van der Waals surface area (Å²) in [5.41, 5.74) is 0.956. The van der Waals surface area contributed by atoms with Gasteiger partial charge in [-0.25, -0.2) is 0 Å². The Morgan fingerprint density at radius 3 is 1.92 bits per heavy atom. The molecule has 1 rings (SSSR count). The molecule has 0 aliphatic carbocycles.